The van der Waals surface area contributed by atoms with Gasteiger partial charge in [-0.15, -0.1) is 0 Å². The van der Waals surface area contributed by atoms with E-state index in [1.54, 1.807) is 0 Å². The average molecular weight is 357 g/mol. The van der Waals surface area contributed by atoms with Gasteiger partial charge in [-0.1, -0.05) is 65.2 Å². The molecule has 2 unspecified atom stereocenters. The molecule has 0 spiro atoms. The van der Waals surface area contributed by atoms with E-state index in [4.69, 9.17) is 9.47 Å². The number of ether oxygens (including phenoxy) is 2. The van der Waals surface area contributed by atoms with Gasteiger partial charge >= 0.3 is 11.9 Å². The van der Waals surface area contributed by atoms with E-state index in [9.17, 15) is 9.59 Å². The first-order valence-corrected chi connectivity index (χ1v) is 10.4. The Morgan fingerprint density at radius 3 is 1.36 bits per heavy atom. The van der Waals surface area contributed by atoms with Crippen LogP contribution in [0.1, 0.15) is 111 Å². The molecule has 4 nitrogen and oxygen atoms in total. The summed E-state index contributed by atoms with van der Waals surface area (Å²) in [5, 5.41) is 0. The number of rotatable bonds is 16. The average Bonchev–Trinajstić information content (AvgIpc) is 2.54. The highest BCUT2D eigenvalue weighted by molar-refractivity contribution is 5.70. The van der Waals surface area contributed by atoms with Gasteiger partial charge in [0, 0.05) is 19.3 Å². The predicted octanol–water partition coefficient (Wildman–Crippen LogP) is 5.96. The summed E-state index contributed by atoms with van der Waals surface area (Å²) >= 11 is 0. The van der Waals surface area contributed by atoms with Gasteiger partial charge in [0.1, 0.15) is 12.2 Å². The van der Waals surface area contributed by atoms with Gasteiger partial charge in [0.05, 0.1) is 0 Å². The highest BCUT2D eigenvalue weighted by Crippen LogP contribution is 2.12. The molecule has 2 atom stereocenters. The maximum absolute atomic E-state index is 11.8. The van der Waals surface area contributed by atoms with Crippen LogP contribution in [0, 0.1) is 0 Å². The molecule has 0 fully saturated rings. The minimum absolute atomic E-state index is 0.140. The van der Waals surface area contributed by atoms with E-state index in [1.165, 1.54) is 38.5 Å². The highest BCUT2D eigenvalue weighted by atomic mass is 16.6. The monoisotopic (exact) mass is 356 g/mol. The van der Waals surface area contributed by atoms with Gasteiger partial charge in [0.15, 0.2) is 0 Å². The van der Waals surface area contributed by atoms with E-state index in [-0.39, 0.29) is 24.1 Å². The second-order valence-corrected chi connectivity index (χ2v) is 7.17. The second kappa shape index (κ2) is 16.4. The fourth-order valence-corrected chi connectivity index (χ4v) is 2.88. The summed E-state index contributed by atoms with van der Waals surface area (Å²) < 4.78 is 10.8. The van der Waals surface area contributed by atoms with Gasteiger partial charge in [-0.25, -0.2) is 0 Å². The van der Waals surface area contributed by atoms with Crippen LogP contribution in [0.15, 0.2) is 0 Å². The molecular weight excluding hydrogens is 316 g/mol. The first-order valence-electron chi connectivity index (χ1n) is 10.4. The van der Waals surface area contributed by atoms with E-state index in [0.717, 1.165) is 25.7 Å². The van der Waals surface area contributed by atoms with Crippen LogP contribution >= 0.6 is 0 Å². The van der Waals surface area contributed by atoms with Crippen molar-refractivity contribution in [3.8, 4) is 0 Å². The molecule has 0 radical (unpaired) electrons. The van der Waals surface area contributed by atoms with Crippen LogP contribution in [-0.2, 0) is 19.1 Å². The Kier molecular flexibility index (Phi) is 15.7. The fourth-order valence-electron chi connectivity index (χ4n) is 2.88. The van der Waals surface area contributed by atoms with Gasteiger partial charge < -0.3 is 9.47 Å². The predicted molar refractivity (Wildman–Crippen MR) is 102 cm³/mol. The molecule has 148 valence electrons. The van der Waals surface area contributed by atoms with Gasteiger partial charge in [0.2, 0.25) is 0 Å². The maximum Gasteiger partial charge on any atom is 0.306 e. The molecule has 0 aliphatic carbocycles. The molecule has 0 aliphatic heterocycles. The van der Waals surface area contributed by atoms with Crippen LogP contribution in [0.4, 0.5) is 0 Å². The van der Waals surface area contributed by atoms with Crippen molar-refractivity contribution in [3.63, 3.8) is 0 Å². The van der Waals surface area contributed by atoms with Crippen LogP contribution in [0.25, 0.3) is 0 Å². The molecule has 0 aromatic carbocycles. The fraction of sp³-hybridized carbons (Fsp3) is 0.905. The summed E-state index contributed by atoms with van der Waals surface area (Å²) in [5.74, 6) is -0.281. The molecule has 0 aliphatic rings. The summed E-state index contributed by atoms with van der Waals surface area (Å²) in [6.07, 6.45) is 12.3. The minimum atomic E-state index is -0.213. The largest absolute Gasteiger partial charge is 0.463 e. The Morgan fingerprint density at radius 2 is 1.00 bits per heavy atom. The summed E-state index contributed by atoms with van der Waals surface area (Å²) in [4.78, 5) is 23.6. The standard InChI is InChI=1S/C21H40O4/c1-5-7-9-11-13-15-20(22)24-18(3)17-19(4)25-21(23)16-14-12-10-8-6-2/h18-19H,5-17H2,1-4H3. The molecule has 0 amide bonds. The van der Waals surface area contributed by atoms with Gasteiger partial charge in [-0.2, -0.15) is 0 Å². The Morgan fingerprint density at radius 1 is 0.640 bits per heavy atom. The molecule has 0 bridgehead atoms. The van der Waals surface area contributed by atoms with E-state index >= 15 is 0 Å². The SMILES string of the molecule is CCCCCCCC(=O)OC(C)CC(C)OC(=O)CCCCCCC. The third-order valence-corrected chi connectivity index (χ3v) is 4.30. The molecule has 25 heavy (non-hydrogen) atoms. The number of carbonyl (C=O) groups is 2. The van der Waals surface area contributed by atoms with Gasteiger partial charge in [0.25, 0.3) is 0 Å². The lowest BCUT2D eigenvalue weighted by Crippen LogP contribution is -2.23. The summed E-state index contributed by atoms with van der Waals surface area (Å²) in [7, 11) is 0. The maximum atomic E-state index is 11.8. The van der Waals surface area contributed by atoms with Gasteiger partial charge in [-0.05, 0) is 26.7 Å². The molecule has 4 heteroatoms. The van der Waals surface area contributed by atoms with Crippen LogP contribution in [-0.4, -0.2) is 24.1 Å². The van der Waals surface area contributed by atoms with E-state index < -0.39 is 0 Å². The van der Waals surface area contributed by atoms with E-state index in [1.807, 2.05) is 13.8 Å². The highest BCUT2D eigenvalue weighted by Gasteiger charge is 2.16. The van der Waals surface area contributed by atoms with Crippen LogP contribution in [0.3, 0.4) is 0 Å². The second-order valence-electron chi connectivity index (χ2n) is 7.17. The number of carbonyl (C=O) groups excluding carboxylic acids is 2. The topological polar surface area (TPSA) is 52.6 Å². The molecule has 0 rings (SSSR count). The van der Waals surface area contributed by atoms with Crippen molar-refractivity contribution in [3.05, 3.63) is 0 Å². The van der Waals surface area contributed by atoms with Gasteiger partial charge in [-0.3, -0.25) is 9.59 Å². The first-order chi connectivity index (χ1) is 12.0. The summed E-state index contributed by atoms with van der Waals surface area (Å²) in [6.45, 7) is 8.08. The molecule has 0 aromatic rings. The minimum Gasteiger partial charge on any atom is -0.463 e. The smallest absolute Gasteiger partial charge is 0.306 e. The van der Waals surface area contributed by atoms with Crippen molar-refractivity contribution in [2.75, 3.05) is 0 Å². The Hall–Kier alpha value is -1.06. The Balaban J connectivity index is 3.73. The van der Waals surface area contributed by atoms with E-state index in [0.29, 0.717) is 19.3 Å². The lowest BCUT2D eigenvalue weighted by molar-refractivity contribution is -0.154. The van der Waals surface area contributed by atoms with Crippen molar-refractivity contribution in [2.45, 2.75) is 123 Å². The first kappa shape index (κ1) is 23.9. The number of esters is 2. The summed E-state index contributed by atoms with van der Waals surface area (Å²) in [6, 6.07) is 0. The van der Waals surface area contributed by atoms with Crippen molar-refractivity contribution in [1.82, 2.24) is 0 Å². The number of hydrogen-bond acceptors (Lipinski definition) is 4. The van der Waals surface area contributed by atoms with Crippen LogP contribution in [0.2, 0.25) is 0 Å². The Bertz CT molecular complexity index is 309. The van der Waals surface area contributed by atoms with Crippen LogP contribution < -0.4 is 0 Å². The van der Waals surface area contributed by atoms with Crippen molar-refractivity contribution in [1.29, 1.82) is 0 Å². The lowest BCUT2D eigenvalue weighted by atomic mass is 10.1. The molecule has 0 N–H and O–H groups in total. The van der Waals surface area contributed by atoms with E-state index in [2.05, 4.69) is 13.8 Å². The van der Waals surface area contributed by atoms with Crippen molar-refractivity contribution in [2.24, 2.45) is 0 Å². The van der Waals surface area contributed by atoms with Crippen molar-refractivity contribution < 1.29 is 19.1 Å². The number of unbranched alkanes of at least 4 members (excludes halogenated alkanes) is 8. The molecule has 0 aromatic heterocycles. The van der Waals surface area contributed by atoms with Crippen molar-refractivity contribution >= 4 is 11.9 Å². The number of hydrogen-bond donors (Lipinski definition) is 0. The Labute approximate surface area is 155 Å². The lowest BCUT2D eigenvalue weighted by Gasteiger charge is -2.18. The normalized spacial score (nSPS) is 13.3. The molecular formula is C21H40O4. The molecule has 0 heterocycles. The zero-order valence-corrected chi connectivity index (χ0v) is 17.0. The zero-order chi connectivity index (χ0) is 18.9. The molecule has 0 saturated carbocycles. The summed E-state index contributed by atoms with van der Waals surface area (Å²) in [5.41, 5.74) is 0. The zero-order valence-electron chi connectivity index (χ0n) is 17.0. The van der Waals surface area contributed by atoms with Crippen LogP contribution in [0.5, 0.6) is 0 Å². The molecule has 0 saturated heterocycles. The third-order valence-electron chi connectivity index (χ3n) is 4.30. The third kappa shape index (κ3) is 16.2. The quantitative estimate of drug-likeness (QED) is 0.253.